The van der Waals surface area contributed by atoms with E-state index < -0.39 is 5.97 Å². The van der Waals surface area contributed by atoms with Gasteiger partial charge in [0.25, 0.3) is 5.91 Å². The van der Waals surface area contributed by atoms with E-state index in [4.69, 9.17) is 33.7 Å². The number of anilines is 1. The lowest BCUT2D eigenvalue weighted by Crippen LogP contribution is -2.35. The van der Waals surface area contributed by atoms with Gasteiger partial charge in [-0.05, 0) is 25.5 Å². The maximum absolute atomic E-state index is 11.9. The molecule has 0 heterocycles. The van der Waals surface area contributed by atoms with E-state index in [1.54, 1.807) is 0 Å². The molecule has 1 rings (SSSR count). The number of nitrogen functional groups attached to an aromatic ring is 1. The Bertz CT molecular complexity index is 535. The first kappa shape index (κ1) is 17.6. The standard InChI is InChI=1S/C14H18Cl2N2O3/c1-3-4-8(2)18-12(19)7-21-14(20)10-5-9(17)6-11(15)13(10)16/h5-6,8H,3-4,7,17H2,1-2H3,(H,18,19). The van der Waals surface area contributed by atoms with Gasteiger partial charge in [-0.15, -0.1) is 0 Å². The van der Waals surface area contributed by atoms with Crippen molar-refractivity contribution in [3.8, 4) is 0 Å². The molecule has 0 aliphatic rings. The highest BCUT2D eigenvalue weighted by Gasteiger charge is 2.17. The number of rotatable bonds is 6. The number of amides is 1. The second kappa shape index (κ2) is 8.10. The van der Waals surface area contributed by atoms with Crippen molar-refractivity contribution in [1.82, 2.24) is 5.32 Å². The Balaban J connectivity index is 2.60. The average molecular weight is 333 g/mol. The van der Waals surface area contributed by atoms with Crippen molar-refractivity contribution in [3.05, 3.63) is 27.7 Å². The van der Waals surface area contributed by atoms with Crippen LogP contribution in [-0.2, 0) is 9.53 Å². The first-order chi connectivity index (χ1) is 9.85. The largest absolute Gasteiger partial charge is 0.452 e. The normalized spacial score (nSPS) is 11.8. The van der Waals surface area contributed by atoms with Crippen LogP contribution in [0.15, 0.2) is 12.1 Å². The third-order valence-electron chi connectivity index (χ3n) is 2.73. The number of esters is 1. The number of carbonyl (C=O) groups excluding carboxylic acids is 2. The molecular formula is C14H18Cl2N2O3. The molecule has 1 amide bonds. The average Bonchev–Trinajstić information content (AvgIpc) is 2.40. The first-order valence-corrected chi connectivity index (χ1v) is 7.31. The molecule has 0 bridgehead atoms. The zero-order valence-corrected chi connectivity index (χ0v) is 13.4. The number of ether oxygens (including phenoxy) is 1. The molecule has 116 valence electrons. The molecule has 0 spiro atoms. The fourth-order valence-corrected chi connectivity index (χ4v) is 2.20. The summed E-state index contributed by atoms with van der Waals surface area (Å²) in [5, 5.41) is 2.93. The molecule has 5 nitrogen and oxygen atoms in total. The van der Waals surface area contributed by atoms with Gasteiger partial charge in [-0.2, -0.15) is 0 Å². The molecule has 7 heteroatoms. The minimum Gasteiger partial charge on any atom is -0.452 e. The molecule has 1 aromatic rings. The van der Waals surface area contributed by atoms with E-state index in [1.807, 2.05) is 13.8 Å². The van der Waals surface area contributed by atoms with E-state index in [1.165, 1.54) is 12.1 Å². The summed E-state index contributed by atoms with van der Waals surface area (Å²) in [5.74, 6) is -1.11. The van der Waals surface area contributed by atoms with Gasteiger partial charge in [-0.25, -0.2) is 4.79 Å². The molecule has 1 atom stereocenters. The summed E-state index contributed by atoms with van der Waals surface area (Å²) in [6.07, 6.45) is 1.81. The quantitative estimate of drug-likeness (QED) is 0.619. The van der Waals surface area contributed by atoms with Gasteiger partial charge >= 0.3 is 5.97 Å². The van der Waals surface area contributed by atoms with Crippen LogP contribution in [-0.4, -0.2) is 24.5 Å². The Kier molecular flexibility index (Phi) is 6.78. The highest BCUT2D eigenvalue weighted by molar-refractivity contribution is 6.44. The second-order valence-corrected chi connectivity index (χ2v) is 5.48. The van der Waals surface area contributed by atoms with E-state index in [2.05, 4.69) is 5.32 Å². The third-order valence-corrected chi connectivity index (χ3v) is 3.54. The van der Waals surface area contributed by atoms with Gasteiger partial charge in [0.2, 0.25) is 0 Å². The summed E-state index contributed by atoms with van der Waals surface area (Å²) in [6, 6.07) is 2.82. The molecule has 0 fully saturated rings. The number of hydrogen-bond donors (Lipinski definition) is 2. The van der Waals surface area contributed by atoms with E-state index in [0.717, 1.165) is 12.8 Å². The van der Waals surface area contributed by atoms with Crippen LogP contribution in [0, 0.1) is 0 Å². The van der Waals surface area contributed by atoms with Crippen molar-refractivity contribution in [2.75, 3.05) is 12.3 Å². The Morgan fingerprint density at radius 2 is 2.05 bits per heavy atom. The lowest BCUT2D eigenvalue weighted by molar-refractivity contribution is -0.124. The molecule has 0 radical (unpaired) electrons. The van der Waals surface area contributed by atoms with Gasteiger partial charge in [0.1, 0.15) is 0 Å². The monoisotopic (exact) mass is 332 g/mol. The van der Waals surface area contributed by atoms with Gasteiger partial charge in [-0.3, -0.25) is 4.79 Å². The van der Waals surface area contributed by atoms with Crippen molar-refractivity contribution < 1.29 is 14.3 Å². The second-order valence-electron chi connectivity index (χ2n) is 4.70. The van der Waals surface area contributed by atoms with Crippen molar-refractivity contribution in [2.24, 2.45) is 0 Å². The van der Waals surface area contributed by atoms with Gasteiger partial charge in [0.15, 0.2) is 6.61 Å². The fraction of sp³-hybridized carbons (Fsp3) is 0.429. The number of nitrogens with two attached hydrogens (primary N) is 1. The van der Waals surface area contributed by atoms with Gasteiger partial charge in [0.05, 0.1) is 15.6 Å². The highest BCUT2D eigenvalue weighted by Crippen LogP contribution is 2.29. The van der Waals surface area contributed by atoms with Gasteiger partial charge in [0, 0.05) is 11.7 Å². The maximum atomic E-state index is 11.9. The SMILES string of the molecule is CCCC(C)NC(=O)COC(=O)c1cc(N)cc(Cl)c1Cl. The minimum absolute atomic E-state index is 0.0339. The minimum atomic E-state index is -0.743. The maximum Gasteiger partial charge on any atom is 0.340 e. The number of halogens is 2. The van der Waals surface area contributed by atoms with Crippen LogP contribution in [0.25, 0.3) is 0 Å². The first-order valence-electron chi connectivity index (χ1n) is 6.56. The predicted molar refractivity (Wildman–Crippen MR) is 83.7 cm³/mol. The lowest BCUT2D eigenvalue weighted by atomic mass is 10.2. The van der Waals surface area contributed by atoms with Crippen molar-refractivity contribution >= 4 is 40.8 Å². The number of carbonyl (C=O) groups is 2. The number of benzene rings is 1. The van der Waals surface area contributed by atoms with Crippen molar-refractivity contribution in [1.29, 1.82) is 0 Å². The molecule has 1 aromatic carbocycles. The van der Waals surface area contributed by atoms with Crippen LogP contribution in [0.2, 0.25) is 10.0 Å². The smallest absolute Gasteiger partial charge is 0.340 e. The predicted octanol–water partition coefficient (Wildman–Crippen LogP) is 3.04. The van der Waals surface area contributed by atoms with E-state index in [-0.39, 0.29) is 39.9 Å². The Hall–Kier alpha value is -1.46. The zero-order chi connectivity index (χ0) is 16.0. The highest BCUT2D eigenvalue weighted by atomic mass is 35.5. The Morgan fingerprint density at radius 1 is 1.38 bits per heavy atom. The van der Waals surface area contributed by atoms with E-state index in [0.29, 0.717) is 0 Å². The molecule has 21 heavy (non-hydrogen) atoms. The Morgan fingerprint density at radius 3 is 2.67 bits per heavy atom. The van der Waals surface area contributed by atoms with Crippen LogP contribution in [0.5, 0.6) is 0 Å². The van der Waals surface area contributed by atoms with E-state index in [9.17, 15) is 9.59 Å². The third kappa shape index (κ3) is 5.44. The summed E-state index contributed by atoms with van der Waals surface area (Å²) < 4.78 is 4.91. The molecule has 1 unspecified atom stereocenters. The molecule has 3 N–H and O–H groups in total. The molecule has 0 saturated carbocycles. The van der Waals surface area contributed by atoms with Crippen molar-refractivity contribution in [3.63, 3.8) is 0 Å². The molecule has 0 aromatic heterocycles. The van der Waals surface area contributed by atoms with E-state index >= 15 is 0 Å². The van der Waals surface area contributed by atoms with Gasteiger partial charge < -0.3 is 15.8 Å². The summed E-state index contributed by atoms with van der Waals surface area (Å²) in [5.41, 5.74) is 5.92. The van der Waals surface area contributed by atoms with Crippen LogP contribution < -0.4 is 11.1 Å². The van der Waals surface area contributed by atoms with Crippen LogP contribution in [0.1, 0.15) is 37.0 Å². The summed E-state index contributed by atoms with van der Waals surface area (Å²) in [6.45, 7) is 3.53. The fourth-order valence-electron chi connectivity index (χ4n) is 1.79. The topological polar surface area (TPSA) is 81.4 Å². The van der Waals surface area contributed by atoms with Crippen LogP contribution >= 0.6 is 23.2 Å². The Labute approximate surface area is 133 Å². The summed E-state index contributed by atoms with van der Waals surface area (Å²) in [4.78, 5) is 23.5. The van der Waals surface area contributed by atoms with Crippen LogP contribution in [0.4, 0.5) is 5.69 Å². The zero-order valence-electron chi connectivity index (χ0n) is 11.9. The summed E-state index contributed by atoms with van der Waals surface area (Å²) >= 11 is 11.7. The van der Waals surface area contributed by atoms with Crippen molar-refractivity contribution in [2.45, 2.75) is 32.7 Å². The molecule has 0 aliphatic heterocycles. The number of hydrogen-bond acceptors (Lipinski definition) is 4. The number of nitrogens with one attached hydrogen (secondary N) is 1. The van der Waals surface area contributed by atoms with Gasteiger partial charge in [-0.1, -0.05) is 36.5 Å². The molecule has 0 saturated heterocycles. The lowest BCUT2D eigenvalue weighted by Gasteiger charge is -2.13. The molecular weight excluding hydrogens is 315 g/mol. The molecule has 0 aliphatic carbocycles. The summed E-state index contributed by atoms with van der Waals surface area (Å²) in [7, 11) is 0. The van der Waals surface area contributed by atoms with Crippen LogP contribution in [0.3, 0.4) is 0 Å².